The Morgan fingerprint density at radius 1 is 1.35 bits per heavy atom. The molecule has 3 heteroatoms. The van der Waals surface area contributed by atoms with E-state index in [1.54, 1.807) is 0 Å². The van der Waals surface area contributed by atoms with Gasteiger partial charge in [-0.1, -0.05) is 13.0 Å². The van der Waals surface area contributed by atoms with E-state index < -0.39 is 0 Å². The number of piperazine rings is 1. The lowest BCUT2D eigenvalue weighted by molar-refractivity contribution is 0.213. The van der Waals surface area contributed by atoms with E-state index in [1.165, 1.54) is 23.2 Å². The molecule has 1 aliphatic rings. The van der Waals surface area contributed by atoms with Gasteiger partial charge in [-0.2, -0.15) is 0 Å². The summed E-state index contributed by atoms with van der Waals surface area (Å²) in [5.41, 5.74) is 10.0. The molecule has 2 unspecified atom stereocenters. The quantitative estimate of drug-likeness (QED) is 0.916. The fourth-order valence-corrected chi connectivity index (χ4v) is 3.07. The van der Waals surface area contributed by atoms with E-state index >= 15 is 0 Å². The van der Waals surface area contributed by atoms with Crippen molar-refractivity contribution in [3.63, 3.8) is 0 Å². The van der Waals surface area contributed by atoms with Crippen LogP contribution in [0.5, 0.6) is 0 Å². The van der Waals surface area contributed by atoms with Gasteiger partial charge in [0, 0.05) is 37.4 Å². The Hall–Kier alpha value is -1.06. The van der Waals surface area contributed by atoms with Gasteiger partial charge in [0.05, 0.1) is 0 Å². The Bertz CT molecular complexity index is 442. The minimum atomic E-state index is 0.229. The van der Waals surface area contributed by atoms with Crippen LogP contribution in [0.3, 0.4) is 0 Å². The fraction of sp³-hybridized carbons (Fsp3) is 0.647. The number of anilines is 1. The van der Waals surface area contributed by atoms with Gasteiger partial charge >= 0.3 is 0 Å². The summed E-state index contributed by atoms with van der Waals surface area (Å²) in [7, 11) is 2.24. The van der Waals surface area contributed by atoms with Crippen LogP contribution < -0.4 is 10.6 Å². The number of likely N-dealkylation sites (N-methyl/N-ethyl adjacent to an activating group) is 1. The molecule has 112 valence electrons. The molecule has 1 saturated heterocycles. The average molecular weight is 275 g/mol. The van der Waals surface area contributed by atoms with Crippen LogP contribution in [0.25, 0.3) is 0 Å². The van der Waals surface area contributed by atoms with Crippen molar-refractivity contribution in [2.24, 2.45) is 5.73 Å². The zero-order valence-electron chi connectivity index (χ0n) is 13.4. The van der Waals surface area contributed by atoms with E-state index in [9.17, 15) is 0 Å². The molecule has 1 aromatic rings. The van der Waals surface area contributed by atoms with E-state index in [0.717, 1.165) is 26.1 Å². The van der Waals surface area contributed by atoms with Crippen LogP contribution in [-0.2, 0) is 6.42 Å². The summed E-state index contributed by atoms with van der Waals surface area (Å²) in [5.74, 6) is 0. The highest BCUT2D eigenvalue weighted by molar-refractivity contribution is 5.51. The molecule has 20 heavy (non-hydrogen) atoms. The van der Waals surface area contributed by atoms with Gasteiger partial charge in [-0.05, 0) is 57.0 Å². The van der Waals surface area contributed by atoms with Gasteiger partial charge in [0.1, 0.15) is 0 Å². The van der Waals surface area contributed by atoms with Crippen LogP contribution in [0.2, 0.25) is 0 Å². The van der Waals surface area contributed by atoms with Crippen LogP contribution in [0.1, 0.15) is 31.4 Å². The molecule has 0 spiro atoms. The van der Waals surface area contributed by atoms with E-state index in [2.05, 4.69) is 55.8 Å². The predicted molar refractivity (Wildman–Crippen MR) is 87.5 cm³/mol. The molecule has 0 saturated carbocycles. The van der Waals surface area contributed by atoms with E-state index in [1.807, 2.05) is 0 Å². The van der Waals surface area contributed by atoms with Crippen molar-refractivity contribution in [1.29, 1.82) is 0 Å². The van der Waals surface area contributed by atoms with Gasteiger partial charge in [0.25, 0.3) is 0 Å². The summed E-state index contributed by atoms with van der Waals surface area (Å²) >= 11 is 0. The third kappa shape index (κ3) is 3.53. The predicted octanol–water partition coefficient (Wildman–Crippen LogP) is 2.42. The first kappa shape index (κ1) is 15.3. The van der Waals surface area contributed by atoms with Crippen LogP contribution >= 0.6 is 0 Å². The third-order valence-electron chi connectivity index (χ3n) is 4.48. The molecule has 1 fully saturated rings. The minimum Gasteiger partial charge on any atom is -0.369 e. The standard InChI is InChI=1S/C17H29N3/c1-5-16-12-20(9-8-19(16)4)17-7-6-15(11-14(3)18)13(2)10-17/h6-7,10,14,16H,5,8-9,11-12,18H2,1-4H3. The van der Waals surface area contributed by atoms with Crippen molar-refractivity contribution in [2.45, 2.75) is 45.7 Å². The summed E-state index contributed by atoms with van der Waals surface area (Å²) in [6.07, 6.45) is 2.18. The molecule has 1 aliphatic heterocycles. The number of aryl methyl sites for hydroxylation is 1. The lowest BCUT2D eigenvalue weighted by Crippen LogP contribution is -2.51. The first-order chi connectivity index (χ1) is 9.51. The molecule has 1 heterocycles. The zero-order chi connectivity index (χ0) is 14.7. The highest BCUT2D eigenvalue weighted by Crippen LogP contribution is 2.23. The molecular weight excluding hydrogens is 246 g/mol. The highest BCUT2D eigenvalue weighted by Gasteiger charge is 2.23. The lowest BCUT2D eigenvalue weighted by Gasteiger charge is -2.40. The molecule has 2 rings (SSSR count). The van der Waals surface area contributed by atoms with Crippen LogP contribution in [0.4, 0.5) is 5.69 Å². The maximum atomic E-state index is 5.91. The number of nitrogens with zero attached hydrogens (tertiary/aromatic N) is 2. The van der Waals surface area contributed by atoms with Crippen LogP contribution in [0.15, 0.2) is 18.2 Å². The molecule has 2 atom stereocenters. The molecular formula is C17H29N3. The Morgan fingerprint density at radius 3 is 2.70 bits per heavy atom. The summed E-state index contributed by atoms with van der Waals surface area (Å²) < 4.78 is 0. The zero-order valence-corrected chi connectivity index (χ0v) is 13.4. The van der Waals surface area contributed by atoms with Gasteiger partial charge in [-0.3, -0.25) is 4.90 Å². The summed E-state index contributed by atoms with van der Waals surface area (Å²) in [4.78, 5) is 5.00. The first-order valence-electron chi connectivity index (χ1n) is 7.81. The van der Waals surface area contributed by atoms with Gasteiger partial charge in [0.2, 0.25) is 0 Å². The van der Waals surface area contributed by atoms with E-state index in [4.69, 9.17) is 5.73 Å². The van der Waals surface area contributed by atoms with Crippen molar-refractivity contribution in [3.8, 4) is 0 Å². The monoisotopic (exact) mass is 275 g/mol. The molecule has 1 aromatic carbocycles. The number of nitrogens with two attached hydrogens (primary N) is 1. The number of hydrogen-bond acceptors (Lipinski definition) is 3. The highest BCUT2D eigenvalue weighted by atomic mass is 15.3. The Morgan fingerprint density at radius 2 is 2.10 bits per heavy atom. The Labute approximate surface area is 123 Å². The third-order valence-corrected chi connectivity index (χ3v) is 4.48. The lowest BCUT2D eigenvalue weighted by atomic mass is 10.0. The number of benzene rings is 1. The molecule has 0 aromatic heterocycles. The van der Waals surface area contributed by atoms with Crippen LogP contribution in [-0.4, -0.2) is 43.7 Å². The average Bonchev–Trinajstić information content (AvgIpc) is 2.41. The van der Waals surface area contributed by atoms with E-state index in [-0.39, 0.29) is 6.04 Å². The fourth-order valence-electron chi connectivity index (χ4n) is 3.07. The first-order valence-corrected chi connectivity index (χ1v) is 7.81. The SMILES string of the molecule is CCC1CN(c2ccc(CC(C)N)c(C)c2)CCN1C. The molecule has 0 bridgehead atoms. The molecule has 0 amide bonds. The molecule has 0 aliphatic carbocycles. The maximum Gasteiger partial charge on any atom is 0.0370 e. The Kier molecular flexibility index (Phi) is 5.06. The molecule has 3 nitrogen and oxygen atoms in total. The molecule has 2 N–H and O–H groups in total. The molecule has 0 radical (unpaired) electrons. The van der Waals surface area contributed by atoms with Crippen molar-refractivity contribution in [2.75, 3.05) is 31.6 Å². The summed E-state index contributed by atoms with van der Waals surface area (Å²) in [5, 5.41) is 0. The second-order valence-electron chi connectivity index (χ2n) is 6.28. The number of rotatable bonds is 4. The van der Waals surface area contributed by atoms with E-state index in [0.29, 0.717) is 6.04 Å². The smallest absolute Gasteiger partial charge is 0.0370 e. The minimum absolute atomic E-state index is 0.229. The summed E-state index contributed by atoms with van der Waals surface area (Å²) in [6, 6.07) is 7.76. The van der Waals surface area contributed by atoms with Gasteiger partial charge in [-0.25, -0.2) is 0 Å². The van der Waals surface area contributed by atoms with Gasteiger partial charge in [-0.15, -0.1) is 0 Å². The maximum absolute atomic E-state index is 5.91. The van der Waals surface area contributed by atoms with Crippen LogP contribution in [0, 0.1) is 6.92 Å². The van der Waals surface area contributed by atoms with Crippen molar-refractivity contribution in [3.05, 3.63) is 29.3 Å². The topological polar surface area (TPSA) is 32.5 Å². The van der Waals surface area contributed by atoms with Gasteiger partial charge < -0.3 is 10.6 Å². The second-order valence-corrected chi connectivity index (χ2v) is 6.28. The second kappa shape index (κ2) is 6.59. The van der Waals surface area contributed by atoms with Gasteiger partial charge in [0.15, 0.2) is 0 Å². The normalized spacial score (nSPS) is 22.1. The van der Waals surface area contributed by atoms with Crippen molar-refractivity contribution >= 4 is 5.69 Å². The summed E-state index contributed by atoms with van der Waals surface area (Å²) in [6.45, 7) is 9.97. The number of hydrogen-bond donors (Lipinski definition) is 1. The largest absolute Gasteiger partial charge is 0.369 e. The van der Waals surface area contributed by atoms with Crippen molar-refractivity contribution < 1.29 is 0 Å². The van der Waals surface area contributed by atoms with Crippen molar-refractivity contribution in [1.82, 2.24) is 4.90 Å². The Balaban J connectivity index is 2.11.